The summed E-state index contributed by atoms with van der Waals surface area (Å²) in [5.74, 6) is -0.191. The van der Waals surface area contributed by atoms with Gasteiger partial charge in [0.15, 0.2) is 0 Å². The Morgan fingerprint density at radius 1 is 1.00 bits per heavy atom. The van der Waals surface area contributed by atoms with E-state index in [-0.39, 0.29) is 11.7 Å². The molecule has 0 atom stereocenters. The van der Waals surface area contributed by atoms with Gasteiger partial charge in [0.25, 0.3) is 5.91 Å². The van der Waals surface area contributed by atoms with Crippen LogP contribution in [-0.4, -0.2) is 37.0 Å². The van der Waals surface area contributed by atoms with Crippen LogP contribution in [0.3, 0.4) is 0 Å². The van der Waals surface area contributed by atoms with Gasteiger partial charge in [0.05, 0.1) is 5.69 Å². The fraction of sp³-hybridized carbons (Fsp3) is 0.235. The van der Waals surface area contributed by atoms with Crippen LogP contribution in [0.4, 0.5) is 10.1 Å². The largest absolute Gasteiger partial charge is 0.366 e. The van der Waals surface area contributed by atoms with Gasteiger partial charge in [0.1, 0.15) is 5.82 Å². The average Bonchev–Trinajstić information content (AvgIpc) is 2.55. The van der Waals surface area contributed by atoms with Gasteiger partial charge < -0.3 is 9.80 Å². The summed E-state index contributed by atoms with van der Waals surface area (Å²) in [4.78, 5) is 16.3. The quantitative estimate of drug-likeness (QED) is 0.815. The van der Waals surface area contributed by atoms with Crippen molar-refractivity contribution in [1.82, 2.24) is 4.90 Å². The standard InChI is InChI=1S/C17H16BrFN2O/c18-14-5-3-4-13(12-14)17(22)21-10-8-20(9-11-21)16-7-2-1-6-15(16)19/h1-7,12H,8-11H2. The molecule has 1 amide bonds. The van der Waals surface area contributed by atoms with Gasteiger partial charge >= 0.3 is 0 Å². The number of carbonyl (C=O) groups is 1. The normalized spacial score (nSPS) is 15.0. The molecular weight excluding hydrogens is 347 g/mol. The van der Waals surface area contributed by atoms with E-state index in [4.69, 9.17) is 0 Å². The molecule has 1 saturated heterocycles. The van der Waals surface area contributed by atoms with E-state index in [9.17, 15) is 9.18 Å². The fourth-order valence-corrected chi connectivity index (χ4v) is 3.06. The number of carbonyl (C=O) groups excluding carboxylic acids is 1. The van der Waals surface area contributed by atoms with Crippen LogP contribution in [0.25, 0.3) is 0 Å². The number of anilines is 1. The van der Waals surface area contributed by atoms with Crippen LogP contribution in [0.5, 0.6) is 0 Å². The van der Waals surface area contributed by atoms with E-state index in [0.29, 0.717) is 37.4 Å². The van der Waals surface area contributed by atoms with Crippen LogP contribution in [0.1, 0.15) is 10.4 Å². The summed E-state index contributed by atoms with van der Waals surface area (Å²) >= 11 is 3.38. The van der Waals surface area contributed by atoms with Crippen LogP contribution in [0.15, 0.2) is 53.0 Å². The minimum Gasteiger partial charge on any atom is -0.366 e. The zero-order valence-corrected chi connectivity index (χ0v) is 13.6. The first kappa shape index (κ1) is 15.0. The molecule has 0 aliphatic carbocycles. The molecule has 3 nitrogen and oxygen atoms in total. The molecule has 0 unspecified atom stereocenters. The molecule has 2 aromatic carbocycles. The van der Waals surface area contributed by atoms with E-state index in [2.05, 4.69) is 15.9 Å². The highest BCUT2D eigenvalue weighted by Gasteiger charge is 2.23. The molecule has 1 fully saturated rings. The summed E-state index contributed by atoms with van der Waals surface area (Å²) in [6.45, 7) is 2.47. The highest BCUT2D eigenvalue weighted by atomic mass is 79.9. The van der Waals surface area contributed by atoms with Crippen molar-refractivity contribution in [3.05, 3.63) is 64.4 Å². The minimum atomic E-state index is -0.214. The van der Waals surface area contributed by atoms with Gasteiger partial charge in [-0.3, -0.25) is 4.79 Å². The number of rotatable bonds is 2. The predicted octanol–water partition coefficient (Wildman–Crippen LogP) is 3.55. The van der Waals surface area contributed by atoms with E-state index >= 15 is 0 Å². The predicted molar refractivity (Wildman–Crippen MR) is 88.7 cm³/mol. The van der Waals surface area contributed by atoms with Crippen molar-refractivity contribution in [1.29, 1.82) is 0 Å². The maximum atomic E-state index is 13.8. The number of nitrogens with zero attached hydrogens (tertiary/aromatic N) is 2. The molecule has 0 N–H and O–H groups in total. The molecule has 0 radical (unpaired) electrons. The topological polar surface area (TPSA) is 23.6 Å². The van der Waals surface area contributed by atoms with E-state index in [0.717, 1.165) is 4.47 Å². The van der Waals surface area contributed by atoms with E-state index < -0.39 is 0 Å². The molecule has 0 bridgehead atoms. The number of halogens is 2. The Morgan fingerprint density at radius 3 is 2.41 bits per heavy atom. The second kappa shape index (κ2) is 6.48. The lowest BCUT2D eigenvalue weighted by Crippen LogP contribution is -2.49. The number of hydrogen-bond acceptors (Lipinski definition) is 2. The Bertz CT molecular complexity index is 684. The van der Waals surface area contributed by atoms with Crippen LogP contribution in [0.2, 0.25) is 0 Å². The van der Waals surface area contributed by atoms with Crippen molar-refractivity contribution in [2.24, 2.45) is 0 Å². The highest BCUT2D eigenvalue weighted by Crippen LogP contribution is 2.21. The number of benzene rings is 2. The Labute approximate surface area is 137 Å². The molecule has 3 rings (SSSR count). The first-order valence-corrected chi connectivity index (χ1v) is 7.99. The van der Waals surface area contributed by atoms with Crippen molar-refractivity contribution in [2.75, 3.05) is 31.1 Å². The third kappa shape index (κ3) is 3.14. The molecule has 5 heteroatoms. The number of hydrogen-bond donors (Lipinski definition) is 0. The first-order valence-electron chi connectivity index (χ1n) is 7.19. The molecule has 0 saturated carbocycles. The number of amides is 1. The monoisotopic (exact) mass is 362 g/mol. The van der Waals surface area contributed by atoms with Crippen molar-refractivity contribution in [3.8, 4) is 0 Å². The van der Waals surface area contributed by atoms with Gasteiger partial charge in [0.2, 0.25) is 0 Å². The zero-order valence-electron chi connectivity index (χ0n) is 12.0. The van der Waals surface area contributed by atoms with E-state index in [1.807, 2.05) is 40.1 Å². The van der Waals surface area contributed by atoms with Crippen molar-refractivity contribution < 1.29 is 9.18 Å². The van der Waals surface area contributed by atoms with Gasteiger partial charge in [-0.1, -0.05) is 34.1 Å². The minimum absolute atomic E-state index is 0.0227. The number of piperazine rings is 1. The molecule has 1 aliphatic heterocycles. The molecule has 0 aromatic heterocycles. The maximum absolute atomic E-state index is 13.8. The Morgan fingerprint density at radius 2 is 1.73 bits per heavy atom. The molecule has 114 valence electrons. The summed E-state index contributed by atoms with van der Waals surface area (Å²) in [6.07, 6.45) is 0. The lowest BCUT2D eigenvalue weighted by molar-refractivity contribution is 0.0746. The van der Waals surface area contributed by atoms with Gasteiger partial charge in [-0.05, 0) is 30.3 Å². The van der Waals surface area contributed by atoms with E-state index in [1.165, 1.54) is 6.07 Å². The smallest absolute Gasteiger partial charge is 0.254 e. The summed E-state index contributed by atoms with van der Waals surface area (Å²) in [5.41, 5.74) is 1.28. The molecule has 22 heavy (non-hydrogen) atoms. The average molecular weight is 363 g/mol. The molecule has 2 aromatic rings. The summed E-state index contributed by atoms with van der Waals surface area (Å²) < 4.78 is 14.7. The highest BCUT2D eigenvalue weighted by molar-refractivity contribution is 9.10. The zero-order chi connectivity index (χ0) is 15.5. The first-order chi connectivity index (χ1) is 10.6. The van der Waals surface area contributed by atoms with Gasteiger partial charge in [0, 0.05) is 36.2 Å². The van der Waals surface area contributed by atoms with Gasteiger partial charge in [-0.2, -0.15) is 0 Å². The summed E-state index contributed by atoms with van der Waals surface area (Å²) in [5, 5.41) is 0. The lowest BCUT2D eigenvalue weighted by atomic mass is 10.1. The van der Waals surface area contributed by atoms with Gasteiger partial charge in [-0.15, -0.1) is 0 Å². The van der Waals surface area contributed by atoms with Crippen molar-refractivity contribution in [3.63, 3.8) is 0 Å². The van der Waals surface area contributed by atoms with E-state index in [1.54, 1.807) is 12.1 Å². The van der Waals surface area contributed by atoms with Crippen LogP contribution in [-0.2, 0) is 0 Å². The third-order valence-corrected chi connectivity index (χ3v) is 4.32. The Hall–Kier alpha value is -1.88. The molecule has 1 aliphatic rings. The molecular formula is C17H16BrFN2O. The van der Waals surface area contributed by atoms with Gasteiger partial charge in [-0.25, -0.2) is 4.39 Å². The molecule has 0 spiro atoms. The van der Waals surface area contributed by atoms with Crippen LogP contribution >= 0.6 is 15.9 Å². The van der Waals surface area contributed by atoms with Crippen molar-refractivity contribution in [2.45, 2.75) is 0 Å². The summed E-state index contributed by atoms with van der Waals surface area (Å²) in [7, 11) is 0. The second-order valence-corrected chi connectivity index (χ2v) is 6.16. The van der Waals surface area contributed by atoms with Crippen molar-refractivity contribution >= 4 is 27.5 Å². The third-order valence-electron chi connectivity index (χ3n) is 3.83. The Balaban J connectivity index is 1.67. The molecule has 1 heterocycles. The maximum Gasteiger partial charge on any atom is 0.254 e. The fourth-order valence-electron chi connectivity index (χ4n) is 2.66. The lowest BCUT2D eigenvalue weighted by Gasteiger charge is -2.36. The summed E-state index contributed by atoms with van der Waals surface area (Å²) in [6, 6.07) is 14.2. The van der Waals surface area contributed by atoms with Crippen LogP contribution < -0.4 is 4.90 Å². The Kier molecular flexibility index (Phi) is 4.43. The SMILES string of the molecule is O=C(c1cccc(Br)c1)N1CCN(c2ccccc2F)CC1. The number of para-hydroxylation sites is 1. The second-order valence-electron chi connectivity index (χ2n) is 5.24. The van der Waals surface area contributed by atoms with Crippen LogP contribution in [0, 0.1) is 5.82 Å².